The number of phosphoric acid groups is 2. The summed E-state index contributed by atoms with van der Waals surface area (Å²) < 4.78 is 68.7. The smallest absolute Gasteiger partial charge is 0.462 e. The zero-order chi connectivity index (χ0) is 72.7. The van der Waals surface area contributed by atoms with Crippen LogP contribution in [0.15, 0.2) is 0 Å². The first-order valence-electron chi connectivity index (χ1n) is 41.6. The summed E-state index contributed by atoms with van der Waals surface area (Å²) in [4.78, 5) is 73.0. The molecule has 0 saturated heterocycles. The molecule has 2 unspecified atom stereocenters. The third kappa shape index (κ3) is 74.1. The summed E-state index contributed by atoms with van der Waals surface area (Å²) in [5.41, 5.74) is 0. The Morgan fingerprint density at radius 3 is 0.687 bits per heavy atom. The van der Waals surface area contributed by atoms with Gasteiger partial charge in [0.2, 0.25) is 0 Å². The lowest BCUT2D eigenvalue weighted by Crippen LogP contribution is -2.30. The highest BCUT2D eigenvalue weighted by Crippen LogP contribution is 2.45. The fourth-order valence-electron chi connectivity index (χ4n) is 12.4. The van der Waals surface area contributed by atoms with Gasteiger partial charge in [-0.2, -0.15) is 0 Å². The fourth-order valence-corrected chi connectivity index (χ4v) is 14.0. The quantitative estimate of drug-likeness (QED) is 0.0222. The number of ether oxygens (including phenoxy) is 4. The van der Waals surface area contributed by atoms with Crippen molar-refractivity contribution >= 4 is 39.5 Å². The van der Waals surface area contributed by atoms with E-state index in [0.29, 0.717) is 25.7 Å². The van der Waals surface area contributed by atoms with Gasteiger partial charge in [-0.05, 0) is 31.6 Å². The van der Waals surface area contributed by atoms with Gasteiger partial charge < -0.3 is 33.8 Å². The molecule has 0 heterocycles. The fraction of sp³-hybridized carbons (Fsp3) is 0.950. The molecule has 0 aromatic carbocycles. The monoisotopic (exact) mass is 1450 g/mol. The minimum absolute atomic E-state index is 0.108. The van der Waals surface area contributed by atoms with Crippen LogP contribution < -0.4 is 0 Å². The lowest BCUT2D eigenvalue weighted by atomic mass is 10.0. The van der Waals surface area contributed by atoms with E-state index in [0.717, 1.165) is 95.8 Å². The van der Waals surface area contributed by atoms with E-state index in [1.807, 2.05) is 0 Å². The van der Waals surface area contributed by atoms with E-state index in [4.69, 9.17) is 37.0 Å². The number of esters is 4. The minimum Gasteiger partial charge on any atom is -0.462 e. The van der Waals surface area contributed by atoms with E-state index in [1.54, 1.807) is 0 Å². The van der Waals surface area contributed by atoms with Gasteiger partial charge in [0.05, 0.1) is 26.4 Å². The lowest BCUT2D eigenvalue weighted by molar-refractivity contribution is -0.161. The number of hydrogen-bond donors (Lipinski definition) is 3. The lowest BCUT2D eigenvalue weighted by Gasteiger charge is -2.21. The van der Waals surface area contributed by atoms with Gasteiger partial charge in [-0.3, -0.25) is 37.3 Å². The Balaban J connectivity index is 5.24. The van der Waals surface area contributed by atoms with Crippen LogP contribution in [0.2, 0.25) is 0 Å². The number of aliphatic hydroxyl groups is 1. The van der Waals surface area contributed by atoms with E-state index in [9.17, 15) is 43.2 Å². The Hall–Kier alpha value is -1.94. The second kappa shape index (κ2) is 73.0. The molecule has 17 nitrogen and oxygen atoms in total. The van der Waals surface area contributed by atoms with Gasteiger partial charge in [-0.1, -0.05) is 375 Å². The van der Waals surface area contributed by atoms with Crippen LogP contribution in [0.3, 0.4) is 0 Å². The van der Waals surface area contributed by atoms with Crippen LogP contribution in [-0.4, -0.2) is 96.7 Å². The van der Waals surface area contributed by atoms with Crippen molar-refractivity contribution in [2.75, 3.05) is 39.6 Å². The van der Waals surface area contributed by atoms with Crippen LogP contribution in [0.4, 0.5) is 0 Å². The van der Waals surface area contributed by atoms with Crippen molar-refractivity contribution < 1.29 is 80.2 Å². The number of rotatable bonds is 80. The molecule has 588 valence electrons. The van der Waals surface area contributed by atoms with Gasteiger partial charge in [0.25, 0.3) is 0 Å². The van der Waals surface area contributed by atoms with E-state index in [-0.39, 0.29) is 25.7 Å². The van der Waals surface area contributed by atoms with Crippen molar-refractivity contribution in [3.8, 4) is 0 Å². The standard InChI is InChI=1S/C80H156O17P2/c1-6-9-12-15-18-21-24-27-29-31-33-35-38-41-44-51-56-61-66-80(85)96-75(69-90-77(82)63-58-53-48-42-39-37-34-32-30-28-25-22-19-16-13-10-7-2)71-94-98(86,87)92-67-74(81)68-93-99(88,89)95-72-76(70-91-78(83)64-59-54-49-46-45-47-52-57-62-73(4)5)97-79(84)65-60-55-50-43-40-36-26-23-20-17-14-11-8-3/h73-76,81H,6-72H2,1-5H3,(H,86,87)(H,88,89)/t74-,75-,76-/m1/s1. The molecule has 0 rings (SSSR count). The summed E-state index contributed by atoms with van der Waals surface area (Å²) in [6.45, 7) is 7.29. The molecule has 0 radical (unpaired) electrons. The second-order valence-electron chi connectivity index (χ2n) is 29.3. The van der Waals surface area contributed by atoms with Crippen LogP contribution in [0.25, 0.3) is 0 Å². The molecule has 0 fully saturated rings. The first-order chi connectivity index (χ1) is 48.0. The number of aliphatic hydroxyl groups excluding tert-OH is 1. The molecule has 0 amide bonds. The normalized spacial score (nSPS) is 13.9. The van der Waals surface area contributed by atoms with Gasteiger partial charge >= 0.3 is 39.5 Å². The molecule has 0 aliphatic carbocycles. The van der Waals surface area contributed by atoms with E-state index in [2.05, 4.69) is 34.6 Å². The molecule has 0 aromatic rings. The highest BCUT2D eigenvalue weighted by molar-refractivity contribution is 7.47. The molecule has 0 saturated carbocycles. The number of carbonyl (C=O) groups is 4. The summed E-state index contributed by atoms with van der Waals surface area (Å²) in [5.74, 6) is -1.38. The maximum atomic E-state index is 13.1. The number of carbonyl (C=O) groups excluding carboxylic acids is 4. The summed E-state index contributed by atoms with van der Waals surface area (Å²) in [6, 6.07) is 0. The van der Waals surface area contributed by atoms with Crippen molar-refractivity contribution in [1.29, 1.82) is 0 Å². The minimum atomic E-state index is -4.96. The molecular formula is C80H156O17P2. The van der Waals surface area contributed by atoms with Gasteiger partial charge in [-0.15, -0.1) is 0 Å². The average molecular weight is 1450 g/mol. The van der Waals surface area contributed by atoms with E-state index < -0.39 is 97.5 Å². The average Bonchev–Trinajstić information content (AvgIpc) is 1.12. The summed E-state index contributed by atoms with van der Waals surface area (Å²) in [7, 11) is -9.92. The van der Waals surface area contributed by atoms with Crippen LogP contribution in [0.1, 0.15) is 426 Å². The van der Waals surface area contributed by atoms with Crippen LogP contribution in [0.5, 0.6) is 0 Å². The van der Waals surface area contributed by atoms with Crippen LogP contribution >= 0.6 is 15.6 Å². The van der Waals surface area contributed by atoms with E-state index in [1.165, 1.54) is 250 Å². The van der Waals surface area contributed by atoms with Gasteiger partial charge in [0, 0.05) is 25.7 Å². The van der Waals surface area contributed by atoms with Gasteiger partial charge in [0.15, 0.2) is 12.2 Å². The molecule has 0 aromatic heterocycles. The number of phosphoric ester groups is 2. The molecule has 99 heavy (non-hydrogen) atoms. The number of unbranched alkanes of at least 4 members (excludes halogenated alkanes) is 52. The number of hydrogen-bond acceptors (Lipinski definition) is 15. The molecule has 0 spiro atoms. The maximum Gasteiger partial charge on any atom is 0.472 e. The third-order valence-electron chi connectivity index (χ3n) is 18.8. The summed E-state index contributed by atoms with van der Waals surface area (Å²) >= 11 is 0. The zero-order valence-electron chi connectivity index (χ0n) is 64.6. The van der Waals surface area contributed by atoms with Crippen molar-refractivity contribution in [3.63, 3.8) is 0 Å². The first-order valence-corrected chi connectivity index (χ1v) is 44.6. The van der Waals surface area contributed by atoms with Crippen molar-refractivity contribution in [2.45, 2.75) is 445 Å². The Morgan fingerprint density at radius 2 is 0.465 bits per heavy atom. The van der Waals surface area contributed by atoms with E-state index >= 15 is 0 Å². The second-order valence-corrected chi connectivity index (χ2v) is 32.2. The maximum absolute atomic E-state index is 13.1. The summed E-state index contributed by atoms with van der Waals surface area (Å²) in [6.07, 6.45) is 63.8. The molecule has 0 aliphatic heterocycles. The topological polar surface area (TPSA) is 237 Å². The predicted octanol–water partition coefficient (Wildman–Crippen LogP) is 24.0. The predicted molar refractivity (Wildman–Crippen MR) is 405 cm³/mol. The van der Waals surface area contributed by atoms with Crippen LogP contribution in [-0.2, 0) is 65.4 Å². The van der Waals surface area contributed by atoms with Crippen molar-refractivity contribution in [3.05, 3.63) is 0 Å². The Morgan fingerprint density at radius 1 is 0.273 bits per heavy atom. The van der Waals surface area contributed by atoms with Crippen molar-refractivity contribution in [2.24, 2.45) is 5.92 Å². The highest BCUT2D eigenvalue weighted by Gasteiger charge is 2.30. The highest BCUT2D eigenvalue weighted by atomic mass is 31.2. The molecule has 5 atom stereocenters. The Kier molecular flexibility index (Phi) is 71.6. The molecular weight excluding hydrogens is 1290 g/mol. The van der Waals surface area contributed by atoms with Crippen LogP contribution in [0, 0.1) is 5.92 Å². The SMILES string of the molecule is CCCCCCCCCCCCCCCCCCCCC(=O)O[C@H](COC(=O)CCCCCCCCCCCCCCCCCCC)COP(=O)(O)OC[C@@H](O)COP(=O)(O)OC[C@@H](COC(=O)CCCCCCCCCCC(C)C)OC(=O)CCCCCCCCCCCCCCC. The third-order valence-corrected chi connectivity index (χ3v) is 20.7. The Labute approximate surface area is 607 Å². The molecule has 0 bridgehead atoms. The first kappa shape index (κ1) is 97.1. The van der Waals surface area contributed by atoms with Crippen molar-refractivity contribution in [1.82, 2.24) is 0 Å². The van der Waals surface area contributed by atoms with Gasteiger partial charge in [0.1, 0.15) is 19.3 Å². The van der Waals surface area contributed by atoms with Gasteiger partial charge in [-0.25, -0.2) is 9.13 Å². The molecule has 19 heteroatoms. The Bertz CT molecular complexity index is 1890. The molecule has 3 N–H and O–H groups in total. The molecule has 0 aliphatic rings. The zero-order valence-corrected chi connectivity index (χ0v) is 66.4. The summed E-state index contributed by atoms with van der Waals surface area (Å²) in [5, 5.41) is 10.6. The largest absolute Gasteiger partial charge is 0.472 e.